The third kappa shape index (κ3) is 4.25. The molecular formula is C29H33N7O4. The molecule has 3 amide bonds. The Morgan fingerprint density at radius 2 is 1.85 bits per heavy atom. The molecule has 208 valence electrons. The molecular weight excluding hydrogens is 510 g/mol. The van der Waals surface area contributed by atoms with Crippen molar-refractivity contribution in [3.05, 3.63) is 58.2 Å². The molecule has 0 atom stereocenters. The zero-order chi connectivity index (χ0) is 28.0. The molecule has 2 saturated heterocycles. The van der Waals surface area contributed by atoms with E-state index in [1.807, 2.05) is 37.3 Å². The summed E-state index contributed by atoms with van der Waals surface area (Å²) in [6.45, 7) is 9.03. The summed E-state index contributed by atoms with van der Waals surface area (Å²) in [4.78, 5) is 56.8. The van der Waals surface area contributed by atoms with Gasteiger partial charge in [-0.25, -0.2) is 19.6 Å². The molecule has 2 aliphatic rings. The maximum atomic E-state index is 13.5. The summed E-state index contributed by atoms with van der Waals surface area (Å²) in [6, 6.07) is 9.36. The third-order valence-corrected chi connectivity index (χ3v) is 8.44. The standard InChI is InChI=1S/C29H33N7O4/c1-4-34(5-2)19-6-7-20-18(3)21(26(37)40-23(20)16-19)10-13-36-27(38)29(33-28(36)39)11-14-35(15-12-29)24-9-8-22-25(32-24)31-17-30-22/h6-9,16-17H,4-5,10-15H2,1-3H3,(H,33,39)(H,30,31,32). The van der Waals surface area contributed by atoms with Crippen molar-refractivity contribution in [1.29, 1.82) is 0 Å². The molecule has 2 aliphatic heterocycles. The number of hydrogen-bond acceptors (Lipinski definition) is 8. The maximum Gasteiger partial charge on any atom is 0.339 e. The van der Waals surface area contributed by atoms with Crippen LogP contribution in [0.2, 0.25) is 0 Å². The first-order chi connectivity index (χ1) is 19.3. The molecule has 40 heavy (non-hydrogen) atoms. The van der Waals surface area contributed by atoms with Crippen molar-refractivity contribution in [2.75, 3.05) is 42.5 Å². The number of benzene rings is 1. The summed E-state index contributed by atoms with van der Waals surface area (Å²) in [5, 5.41) is 3.81. The number of nitrogens with zero attached hydrogens (tertiary/aromatic N) is 5. The number of fused-ring (bicyclic) bond motifs is 2. The van der Waals surface area contributed by atoms with Gasteiger partial charge in [-0.2, -0.15) is 0 Å². The smallest absolute Gasteiger partial charge is 0.339 e. The Labute approximate surface area is 231 Å². The number of carbonyl (C=O) groups excluding carboxylic acids is 2. The fourth-order valence-corrected chi connectivity index (χ4v) is 6.01. The fraction of sp³-hybridized carbons (Fsp3) is 0.414. The minimum atomic E-state index is -0.937. The second-order valence-electron chi connectivity index (χ2n) is 10.5. The van der Waals surface area contributed by atoms with E-state index in [2.05, 4.69) is 43.9 Å². The van der Waals surface area contributed by atoms with E-state index in [0.717, 1.165) is 41.1 Å². The number of imide groups is 1. The van der Waals surface area contributed by atoms with Crippen LogP contribution in [0, 0.1) is 6.92 Å². The Hall–Kier alpha value is -4.41. The molecule has 11 nitrogen and oxygen atoms in total. The third-order valence-electron chi connectivity index (χ3n) is 8.44. The van der Waals surface area contributed by atoms with Gasteiger partial charge < -0.3 is 24.5 Å². The monoisotopic (exact) mass is 543 g/mol. The number of aromatic nitrogens is 3. The quantitative estimate of drug-likeness (QED) is 0.268. The van der Waals surface area contributed by atoms with E-state index < -0.39 is 17.2 Å². The summed E-state index contributed by atoms with van der Waals surface area (Å²) in [5.74, 6) is 0.561. The molecule has 4 aromatic rings. The van der Waals surface area contributed by atoms with Gasteiger partial charge in [-0.05, 0) is 69.9 Å². The number of rotatable bonds is 7. The molecule has 1 spiro atoms. The van der Waals surface area contributed by atoms with Crippen LogP contribution in [-0.4, -0.2) is 70.1 Å². The largest absolute Gasteiger partial charge is 0.422 e. The van der Waals surface area contributed by atoms with Crippen molar-refractivity contribution in [2.45, 2.75) is 45.6 Å². The average Bonchev–Trinajstić information content (AvgIpc) is 3.51. The Balaban J connectivity index is 1.15. The zero-order valence-corrected chi connectivity index (χ0v) is 23.0. The van der Waals surface area contributed by atoms with Crippen LogP contribution in [0.1, 0.15) is 37.8 Å². The summed E-state index contributed by atoms with van der Waals surface area (Å²) >= 11 is 0. The van der Waals surface area contributed by atoms with Crippen LogP contribution in [0.4, 0.5) is 16.3 Å². The molecule has 5 heterocycles. The first-order valence-electron chi connectivity index (χ1n) is 13.8. The highest BCUT2D eigenvalue weighted by Crippen LogP contribution is 2.32. The van der Waals surface area contributed by atoms with Gasteiger partial charge in [0, 0.05) is 55.4 Å². The topological polar surface area (TPSA) is 128 Å². The molecule has 0 aliphatic carbocycles. The molecule has 0 unspecified atom stereocenters. The lowest BCUT2D eigenvalue weighted by molar-refractivity contribution is -0.132. The van der Waals surface area contributed by atoms with E-state index in [0.29, 0.717) is 42.7 Å². The Morgan fingerprint density at radius 3 is 2.60 bits per heavy atom. The van der Waals surface area contributed by atoms with E-state index >= 15 is 0 Å². The van der Waals surface area contributed by atoms with Crippen molar-refractivity contribution in [1.82, 2.24) is 25.2 Å². The summed E-state index contributed by atoms with van der Waals surface area (Å²) in [7, 11) is 0. The number of carbonyl (C=O) groups is 2. The molecule has 2 N–H and O–H groups in total. The van der Waals surface area contributed by atoms with Gasteiger partial charge in [0.1, 0.15) is 16.9 Å². The Morgan fingerprint density at radius 1 is 1.07 bits per heavy atom. The molecule has 3 aromatic heterocycles. The first kappa shape index (κ1) is 25.8. The van der Waals surface area contributed by atoms with E-state index in [9.17, 15) is 14.4 Å². The average molecular weight is 544 g/mol. The van der Waals surface area contributed by atoms with E-state index in [1.165, 1.54) is 4.90 Å². The van der Waals surface area contributed by atoms with Gasteiger partial charge in [0.05, 0.1) is 11.8 Å². The van der Waals surface area contributed by atoms with Crippen LogP contribution in [0.5, 0.6) is 0 Å². The van der Waals surface area contributed by atoms with Crippen LogP contribution < -0.4 is 20.7 Å². The van der Waals surface area contributed by atoms with E-state index in [4.69, 9.17) is 4.42 Å². The van der Waals surface area contributed by atoms with Gasteiger partial charge in [-0.1, -0.05) is 0 Å². The summed E-state index contributed by atoms with van der Waals surface area (Å²) in [5.41, 5.74) is 2.98. The fourth-order valence-electron chi connectivity index (χ4n) is 6.01. The van der Waals surface area contributed by atoms with Gasteiger partial charge >= 0.3 is 11.7 Å². The molecule has 1 aromatic carbocycles. The Bertz CT molecular complexity index is 1660. The van der Waals surface area contributed by atoms with Crippen molar-refractivity contribution >= 4 is 45.6 Å². The number of nitrogens with one attached hydrogen (secondary N) is 2. The van der Waals surface area contributed by atoms with Crippen LogP contribution >= 0.6 is 0 Å². The highest BCUT2D eigenvalue weighted by Gasteiger charge is 2.52. The Kier molecular flexibility index (Phi) is 6.44. The van der Waals surface area contributed by atoms with Gasteiger partial charge in [-0.15, -0.1) is 0 Å². The summed E-state index contributed by atoms with van der Waals surface area (Å²) in [6.07, 6.45) is 2.79. The normalized spacial score (nSPS) is 16.9. The number of aromatic amines is 1. The second-order valence-corrected chi connectivity index (χ2v) is 10.5. The second kappa shape index (κ2) is 9.96. The van der Waals surface area contributed by atoms with Gasteiger partial charge in [0.15, 0.2) is 5.65 Å². The molecule has 11 heteroatoms. The van der Waals surface area contributed by atoms with Crippen molar-refractivity contribution in [3.63, 3.8) is 0 Å². The van der Waals surface area contributed by atoms with Crippen molar-refractivity contribution in [2.24, 2.45) is 0 Å². The minimum Gasteiger partial charge on any atom is -0.422 e. The van der Waals surface area contributed by atoms with Crippen LogP contribution in [0.15, 0.2) is 45.9 Å². The van der Waals surface area contributed by atoms with Crippen LogP contribution in [-0.2, 0) is 11.2 Å². The van der Waals surface area contributed by atoms with Gasteiger partial charge in [0.25, 0.3) is 5.91 Å². The van der Waals surface area contributed by atoms with E-state index in [-0.39, 0.29) is 18.9 Å². The lowest BCUT2D eigenvalue weighted by atomic mass is 9.87. The highest BCUT2D eigenvalue weighted by atomic mass is 16.4. The number of urea groups is 1. The van der Waals surface area contributed by atoms with Gasteiger partial charge in [-0.3, -0.25) is 9.69 Å². The number of pyridine rings is 1. The minimum absolute atomic E-state index is 0.113. The van der Waals surface area contributed by atoms with Crippen LogP contribution in [0.25, 0.3) is 22.1 Å². The van der Waals surface area contributed by atoms with Gasteiger partial charge in [0.2, 0.25) is 0 Å². The van der Waals surface area contributed by atoms with Crippen LogP contribution in [0.3, 0.4) is 0 Å². The predicted molar refractivity (Wildman–Crippen MR) is 153 cm³/mol. The predicted octanol–water partition coefficient (Wildman–Crippen LogP) is 3.35. The highest BCUT2D eigenvalue weighted by molar-refractivity contribution is 6.07. The van der Waals surface area contributed by atoms with E-state index in [1.54, 1.807) is 6.33 Å². The molecule has 0 radical (unpaired) electrons. The number of imidazole rings is 1. The number of amides is 3. The summed E-state index contributed by atoms with van der Waals surface area (Å²) < 4.78 is 5.70. The molecule has 0 bridgehead atoms. The molecule has 0 saturated carbocycles. The number of aryl methyl sites for hydroxylation is 1. The number of piperidine rings is 1. The first-order valence-corrected chi connectivity index (χ1v) is 13.8. The molecule has 2 fully saturated rings. The SMILES string of the molecule is CCN(CC)c1ccc2c(C)c(CCN3C(=O)NC4(CCN(c5ccc6[nH]cnc6n5)CC4)C3=O)c(=O)oc2c1. The lowest BCUT2D eigenvalue weighted by Gasteiger charge is -2.37. The van der Waals surface area contributed by atoms with Crippen molar-refractivity contribution in [3.8, 4) is 0 Å². The zero-order valence-electron chi connectivity index (χ0n) is 23.0. The lowest BCUT2D eigenvalue weighted by Crippen LogP contribution is -2.55. The molecule has 6 rings (SSSR count). The number of anilines is 2. The number of hydrogen-bond donors (Lipinski definition) is 2. The maximum absolute atomic E-state index is 13.5. The van der Waals surface area contributed by atoms with Crippen molar-refractivity contribution < 1.29 is 14.0 Å². The number of H-pyrrole nitrogens is 1.